The molecular weight excluding hydrogens is 212 g/mol. The van der Waals surface area contributed by atoms with E-state index in [9.17, 15) is 8.42 Å². The maximum Gasteiger partial charge on any atom is 0.230 e. The van der Waals surface area contributed by atoms with Gasteiger partial charge in [-0.25, -0.2) is 8.42 Å². The summed E-state index contributed by atoms with van der Waals surface area (Å²) in [6, 6.07) is 1.66. The highest BCUT2D eigenvalue weighted by Gasteiger charge is 2.31. The average molecular weight is 230 g/mol. The predicted octanol–water partition coefficient (Wildman–Crippen LogP) is 1.51. The van der Waals surface area contributed by atoms with Crippen LogP contribution in [0.5, 0.6) is 0 Å². The highest BCUT2D eigenvalue weighted by molar-refractivity contribution is 7.90. The van der Waals surface area contributed by atoms with Crippen LogP contribution < -0.4 is 0 Å². The molecule has 0 heterocycles. The first-order valence-electron chi connectivity index (χ1n) is 4.92. The molecular formula is C10H18N2O2S. The Balaban J connectivity index is 5.12. The normalized spacial score (nSPS) is 13.9. The summed E-state index contributed by atoms with van der Waals surface area (Å²) < 4.78 is 25.3. The van der Waals surface area contributed by atoms with Crippen LogP contribution in [0.2, 0.25) is 0 Å². The van der Waals surface area contributed by atoms with Crippen molar-refractivity contribution in [3.05, 3.63) is 12.7 Å². The molecule has 1 atom stereocenters. The molecule has 0 bridgehead atoms. The van der Waals surface area contributed by atoms with Crippen molar-refractivity contribution in [1.29, 1.82) is 5.26 Å². The number of rotatable bonds is 6. The Morgan fingerprint density at radius 1 is 1.53 bits per heavy atom. The summed E-state index contributed by atoms with van der Waals surface area (Å²) in [5.74, 6) is 0. The third-order valence-corrected chi connectivity index (χ3v) is 4.47. The van der Waals surface area contributed by atoms with Crippen LogP contribution in [0, 0.1) is 11.3 Å². The van der Waals surface area contributed by atoms with Gasteiger partial charge in [0.1, 0.15) is 0 Å². The van der Waals surface area contributed by atoms with Crippen LogP contribution in [0.4, 0.5) is 0 Å². The Bertz CT molecular complexity index is 341. The molecule has 0 saturated heterocycles. The molecule has 0 spiro atoms. The minimum absolute atomic E-state index is 0.157. The van der Waals surface area contributed by atoms with E-state index in [0.717, 1.165) is 0 Å². The van der Waals surface area contributed by atoms with Crippen molar-refractivity contribution in [2.75, 3.05) is 6.54 Å². The van der Waals surface area contributed by atoms with Crippen molar-refractivity contribution in [3.63, 3.8) is 0 Å². The number of sulfonamides is 1. The Morgan fingerprint density at radius 2 is 2.07 bits per heavy atom. The van der Waals surface area contributed by atoms with Crippen LogP contribution in [-0.4, -0.2) is 30.6 Å². The van der Waals surface area contributed by atoms with E-state index in [1.54, 1.807) is 20.8 Å². The molecule has 0 rings (SSSR count). The second-order valence-corrected chi connectivity index (χ2v) is 5.59. The fourth-order valence-electron chi connectivity index (χ4n) is 1.27. The summed E-state index contributed by atoms with van der Waals surface area (Å²) >= 11 is 0. The minimum Gasteiger partial charge on any atom is -0.211 e. The largest absolute Gasteiger partial charge is 0.230 e. The van der Waals surface area contributed by atoms with E-state index in [1.165, 1.54) is 10.4 Å². The Morgan fingerprint density at radius 3 is 2.33 bits per heavy atom. The maximum absolute atomic E-state index is 12.0. The fraction of sp³-hybridized carbons (Fsp3) is 0.700. The summed E-state index contributed by atoms with van der Waals surface area (Å²) in [6.45, 7) is 9.02. The molecule has 0 amide bonds. The van der Waals surface area contributed by atoms with Crippen LogP contribution in [0.3, 0.4) is 0 Å². The van der Waals surface area contributed by atoms with Gasteiger partial charge in [0.2, 0.25) is 10.0 Å². The average Bonchev–Trinajstić information content (AvgIpc) is 2.14. The molecule has 0 aromatic heterocycles. The SMILES string of the molecule is C=CCN(C(C)C)S(=O)(=O)C(C#N)CC. The molecule has 0 aromatic rings. The van der Waals surface area contributed by atoms with Gasteiger partial charge in [0, 0.05) is 12.6 Å². The molecule has 0 aromatic carbocycles. The molecule has 0 saturated carbocycles. The third kappa shape index (κ3) is 3.33. The van der Waals surface area contributed by atoms with Crippen molar-refractivity contribution in [3.8, 4) is 6.07 Å². The summed E-state index contributed by atoms with van der Waals surface area (Å²) in [7, 11) is -3.52. The minimum atomic E-state index is -3.52. The zero-order valence-electron chi connectivity index (χ0n) is 9.47. The maximum atomic E-state index is 12.0. The summed E-state index contributed by atoms with van der Waals surface area (Å²) in [5, 5.41) is 7.82. The van der Waals surface area contributed by atoms with Gasteiger partial charge in [-0.3, -0.25) is 0 Å². The lowest BCUT2D eigenvalue weighted by Gasteiger charge is -2.26. The summed E-state index contributed by atoms with van der Waals surface area (Å²) in [5.41, 5.74) is 0. The third-order valence-electron chi connectivity index (χ3n) is 2.09. The van der Waals surface area contributed by atoms with Gasteiger partial charge in [-0.05, 0) is 20.3 Å². The standard InChI is InChI=1S/C10H18N2O2S/c1-5-7-12(9(3)4)15(13,14)10(6-2)8-11/h5,9-10H,1,6-7H2,2-4H3. The lowest BCUT2D eigenvalue weighted by Crippen LogP contribution is -2.42. The van der Waals surface area contributed by atoms with Gasteiger partial charge in [0.05, 0.1) is 6.07 Å². The topological polar surface area (TPSA) is 61.2 Å². The van der Waals surface area contributed by atoms with Crippen LogP contribution in [0.1, 0.15) is 27.2 Å². The second-order valence-electron chi connectivity index (χ2n) is 3.52. The fourth-order valence-corrected chi connectivity index (χ4v) is 3.05. The Labute approximate surface area is 92.2 Å². The van der Waals surface area contributed by atoms with Crippen molar-refractivity contribution >= 4 is 10.0 Å². The first kappa shape index (κ1) is 14.1. The van der Waals surface area contributed by atoms with Gasteiger partial charge in [0.15, 0.2) is 5.25 Å². The molecule has 0 aliphatic rings. The molecule has 0 aliphatic carbocycles. The van der Waals surface area contributed by atoms with E-state index in [2.05, 4.69) is 6.58 Å². The van der Waals surface area contributed by atoms with E-state index in [-0.39, 0.29) is 12.6 Å². The second kappa shape index (κ2) is 5.89. The van der Waals surface area contributed by atoms with E-state index >= 15 is 0 Å². The zero-order chi connectivity index (χ0) is 12.1. The molecule has 0 radical (unpaired) electrons. The highest BCUT2D eigenvalue weighted by Crippen LogP contribution is 2.14. The monoisotopic (exact) mass is 230 g/mol. The predicted molar refractivity (Wildman–Crippen MR) is 60.7 cm³/mol. The van der Waals surface area contributed by atoms with Crippen molar-refractivity contribution in [2.45, 2.75) is 38.5 Å². The molecule has 0 fully saturated rings. The van der Waals surface area contributed by atoms with E-state index in [0.29, 0.717) is 6.42 Å². The van der Waals surface area contributed by atoms with Gasteiger partial charge < -0.3 is 0 Å². The number of nitrogens with zero attached hydrogens (tertiary/aromatic N) is 2. The molecule has 4 nitrogen and oxygen atoms in total. The van der Waals surface area contributed by atoms with Gasteiger partial charge in [-0.2, -0.15) is 9.57 Å². The number of hydrogen-bond donors (Lipinski definition) is 0. The van der Waals surface area contributed by atoms with E-state index in [1.807, 2.05) is 6.07 Å². The van der Waals surface area contributed by atoms with Crippen LogP contribution in [0.15, 0.2) is 12.7 Å². The smallest absolute Gasteiger partial charge is 0.211 e. The number of hydrogen-bond acceptors (Lipinski definition) is 3. The zero-order valence-corrected chi connectivity index (χ0v) is 10.3. The van der Waals surface area contributed by atoms with Crippen LogP contribution in [0.25, 0.3) is 0 Å². The highest BCUT2D eigenvalue weighted by atomic mass is 32.2. The van der Waals surface area contributed by atoms with Crippen LogP contribution >= 0.6 is 0 Å². The van der Waals surface area contributed by atoms with Crippen LogP contribution in [-0.2, 0) is 10.0 Å². The van der Waals surface area contributed by atoms with Gasteiger partial charge in [0.25, 0.3) is 0 Å². The van der Waals surface area contributed by atoms with Crippen molar-refractivity contribution < 1.29 is 8.42 Å². The molecule has 15 heavy (non-hydrogen) atoms. The van der Waals surface area contributed by atoms with Crippen molar-refractivity contribution in [1.82, 2.24) is 4.31 Å². The lowest BCUT2D eigenvalue weighted by molar-refractivity contribution is 0.379. The molecule has 1 unspecified atom stereocenters. The Kier molecular flexibility index (Phi) is 5.55. The summed E-state index contributed by atoms with van der Waals surface area (Å²) in [4.78, 5) is 0. The van der Waals surface area contributed by atoms with Gasteiger partial charge >= 0.3 is 0 Å². The van der Waals surface area contributed by atoms with E-state index < -0.39 is 15.3 Å². The first-order valence-corrected chi connectivity index (χ1v) is 6.43. The van der Waals surface area contributed by atoms with Crippen molar-refractivity contribution in [2.24, 2.45) is 0 Å². The lowest BCUT2D eigenvalue weighted by atomic mass is 10.4. The molecule has 5 heteroatoms. The number of nitriles is 1. The molecule has 86 valence electrons. The van der Waals surface area contributed by atoms with Gasteiger partial charge in [-0.1, -0.05) is 13.0 Å². The molecule has 0 N–H and O–H groups in total. The van der Waals surface area contributed by atoms with E-state index in [4.69, 9.17) is 5.26 Å². The molecule has 0 aliphatic heterocycles. The Hall–Kier alpha value is -0.860. The summed E-state index contributed by atoms with van der Waals surface area (Å²) in [6.07, 6.45) is 1.83. The quantitative estimate of drug-likeness (QED) is 0.650. The first-order chi connectivity index (χ1) is 6.91. The van der Waals surface area contributed by atoms with Gasteiger partial charge in [-0.15, -0.1) is 6.58 Å².